The standard InChI is InChI=1S/C53H82N6O9S/c1-34(2)28-41(55-50(63)68-51(6,7)8)26-25-40(30-38-20-15-14-16-21-38)49(62)58-27-19-23-43(58)48(61)56-42(44(60)31-39-32-52(9,10)59(64)53(11,12)33-39)22-17-18-24-46(54)57-69(65,66)47-35(3)29-45(67-13)36(4)37(47)5/h14-16,20-21,25-26,29,34,39-43,64H,17-19,22-24,27-28,30-33H2,1-13H3,(H2,54,57)(H,55,63)(H,56,61)/b26-25+/t40-,41-,42+,43+/m1/s1. The van der Waals surface area contributed by atoms with Crippen LogP contribution in [-0.2, 0) is 35.6 Å². The minimum Gasteiger partial charge on any atom is -0.496 e. The average molecular weight is 979 g/mol. The van der Waals surface area contributed by atoms with Gasteiger partial charge in [-0.2, -0.15) is 13.5 Å². The van der Waals surface area contributed by atoms with Crippen molar-refractivity contribution < 1.29 is 42.3 Å². The molecule has 2 aromatic rings. The molecule has 15 nitrogen and oxygen atoms in total. The quantitative estimate of drug-likeness (QED) is 0.0402. The van der Waals surface area contributed by atoms with Gasteiger partial charge in [0.1, 0.15) is 23.2 Å². The van der Waals surface area contributed by atoms with Crippen molar-refractivity contribution in [1.29, 1.82) is 0 Å². The summed E-state index contributed by atoms with van der Waals surface area (Å²) in [5.41, 5.74) is 7.06. The molecule has 384 valence electrons. The van der Waals surface area contributed by atoms with Crippen molar-refractivity contribution in [2.45, 2.75) is 193 Å². The van der Waals surface area contributed by atoms with Gasteiger partial charge in [0.15, 0.2) is 5.78 Å². The maximum absolute atomic E-state index is 14.7. The molecule has 0 bridgehead atoms. The molecule has 0 saturated carbocycles. The highest BCUT2D eigenvalue weighted by Crippen LogP contribution is 2.41. The molecule has 2 fully saturated rings. The Bertz CT molecular complexity index is 2270. The number of hydroxylamine groups is 2. The molecule has 0 spiro atoms. The van der Waals surface area contributed by atoms with Gasteiger partial charge >= 0.3 is 6.09 Å². The van der Waals surface area contributed by atoms with Crippen LogP contribution >= 0.6 is 0 Å². The van der Waals surface area contributed by atoms with Crippen LogP contribution in [0.5, 0.6) is 5.75 Å². The normalized spacial score (nSPS) is 19.3. The number of ether oxygens (including phenoxy) is 2. The van der Waals surface area contributed by atoms with E-state index in [1.165, 1.54) is 12.2 Å². The second-order valence-corrected chi connectivity index (χ2v) is 23.5. The first kappa shape index (κ1) is 56.8. The van der Waals surface area contributed by atoms with Gasteiger partial charge in [-0.1, -0.05) is 62.8 Å². The third-order valence-electron chi connectivity index (χ3n) is 13.2. The first-order chi connectivity index (χ1) is 32.0. The highest BCUT2D eigenvalue weighted by molar-refractivity contribution is 7.90. The van der Waals surface area contributed by atoms with Crippen LogP contribution in [0.1, 0.15) is 149 Å². The third kappa shape index (κ3) is 16.1. The number of amides is 3. The van der Waals surface area contributed by atoms with Crippen LogP contribution in [0.4, 0.5) is 4.79 Å². The van der Waals surface area contributed by atoms with Crippen molar-refractivity contribution in [3.63, 3.8) is 0 Å². The molecule has 4 atom stereocenters. The number of hydrogen-bond acceptors (Lipinski definition) is 10. The second-order valence-electron chi connectivity index (χ2n) is 22.0. The predicted molar refractivity (Wildman–Crippen MR) is 271 cm³/mol. The lowest BCUT2D eigenvalue weighted by molar-refractivity contribution is -0.251. The zero-order chi connectivity index (χ0) is 51.6. The number of likely N-dealkylation sites (tertiary alicyclic amines) is 1. The van der Waals surface area contributed by atoms with Gasteiger partial charge in [0, 0.05) is 30.5 Å². The lowest BCUT2D eigenvalue weighted by Gasteiger charge is -2.51. The van der Waals surface area contributed by atoms with Crippen LogP contribution in [-0.4, -0.2) is 102 Å². The van der Waals surface area contributed by atoms with Crippen molar-refractivity contribution >= 4 is 39.5 Å². The number of sulfonamides is 1. The number of nitrogens with two attached hydrogens (primary N) is 1. The monoisotopic (exact) mass is 979 g/mol. The molecule has 2 saturated heterocycles. The molecule has 2 heterocycles. The molecule has 2 aliphatic heterocycles. The first-order valence-corrected chi connectivity index (χ1v) is 26.1. The van der Waals surface area contributed by atoms with Crippen molar-refractivity contribution in [2.75, 3.05) is 13.7 Å². The number of nitrogens with one attached hydrogen (secondary N) is 2. The van der Waals surface area contributed by atoms with Crippen molar-refractivity contribution in [3.8, 4) is 5.75 Å². The Morgan fingerprint density at radius 1 is 0.971 bits per heavy atom. The molecule has 16 heteroatoms. The van der Waals surface area contributed by atoms with Gasteiger partial charge in [0.25, 0.3) is 10.0 Å². The Kier molecular flexibility index (Phi) is 19.6. The minimum absolute atomic E-state index is 0.0637. The van der Waals surface area contributed by atoms with Crippen LogP contribution in [0, 0.1) is 38.5 Å². The number of hydrogen-bond donors (Lipinski definition) is 4. The second kappa shape index (κ2) is 23.9. The lowest BCUT2D eigenvalue weighted by Crippen LogP contribution is -2.59. The maximum atomic E-state index is 14.7. The van der Waals surface area contributed by atoms with Gasteiger partial charge in [-0.25, -0.2) is 4.79 Å². The summed E-state index contributed by atoms with van der Waals surface area (Å²) < 4.78 is 42.0. The molecule has 0 radical (unpaired) electrons. The molecule has 3 amide bonds. The molecule has 5 N–H and O–H groups in total. The van der Waals surface area contributed by atoms with Gasteiger partial charge in [-0.15, -0.1) is 4.40 Å². The van der Waals surface area contributed by atoms with Crippen molar-refractivity contribution in [2.24, 2.45) is 27.9 Å². The van der Waals surface area contributed by atoms with Crippen LogP contribution in [0.15, 0.2) is 57.8 Å². The molecule has 2 aliphatic rings. The van der Waals surface area contributed by atoms with E-state index in [2.05, 4.69) is 28.9 Å². The summed E-state index contributed by atoms with van der Waals surface area (Å²) in [5, 5.41) is 18.4. The fourth-order valence-corrected chi connectivity index (χ4v) is 11.7. The predicted octanol–water partition coefficient (Wildman–Crippen LogP) is 8.67. The van der Waals surface area contributed by atoms with Gasteiger partial charge in [-0.05, 0) is 161 Å². The van der Waals surface area contributed by atoms with E-state index >= 15 is 0 Å². The average Bonchev–Trinajstić information content (AvgIpc) is 3.73. The Labute approximate surface area is 412 Å². The number of piperidine rings is 1. The number of methoxy groups -OCH3 is 1. The summed E-state index contributed by atoms with van der Waals surface area (Å²) in [6, 6.07) is 9.20. The zero-order valence-electron chi connectivity index (χ0n) is 43.6. The molecule has 0 aliphatic carbocycles. The highest BCUT2D eigenvalue weighted by atomic mass is 32.2. The molecule has 0 unspecified atom stereocenters. The number of amidine groups is 1. The summed E-state index contributed by atoms with van der Waals surface area (Å²) in [6.45, 7) is 22.8. The summed E-state index contributed by atoms with van der Waals surface area (Å²) in [7, 11) is -2.61. The van der Waals surface area contributed by atoms with E-state index in [1.54, 1.807) is 52.5 Å². The smallest absolute Gasteiger partial charge is 0.408 e. The summed E-state index contributed by atoms with van der Waals surface area (Å²) in [6.07, 6.45) is 7.68. The Hall–Kier alpha value is -4.80. The topological polar surface area (TPSA) is 210 Å². The number of carbonyl (C=O) groups excluding carboxylic acids is 4. The van der Waals surface area contributed by atoms with Crippen LogP contribution in [0.3, 0.4) is 0 Å². The van der Waals surface area contributed by atoms with Crippen LogP contribution in [0.25, 0.3) is 0 Å². The van der Waals surface area contributed by atoms with Gasteiger partial charge in [0.05, 0.1) is 30.0 Å². The van der Waals surface area contributed by atoms with Gasteiger partial charge in [-0.3, -0.25) is 14.4 Å². The summed E-state index contributed by atoms with van der Waals surface area (Å²) in [4.78, 5) is 58.2. The molecular formula is C53H82N6O9S. The fourth-order valence-electron chi connectivity index (χ4n) is 10.2. The molecule has 2 aromatic carbocycles. The molecule has 69 heavy (non-hydrogen) atoms. The number of ketones is 1. The summed E-state index contributed by atoms with van der Waals surface area (Å²) in [5.74, 6) is -0.764. The third-order valence-corrected chi connectivity index (χ3v) is 14.9. The van der Waals surface area contributed by atoms with Crippen molar-refractivity contribution in [1.82, 2.24) is 20.6 Å². The van der Waals surface area contributed by atoms with E-state index in [9.17, 15) is 32.8 Å². The van der Waals surface area contributed by atoms with E-state index in [-0.39, 0.29) is 53.5 Å². The Balaban J connectivity index is 1.57. The number of Topliss-reactive ketones (excluding diaryl/α,β-unsaturated/α-hetero) is 1. The van der Waals surface area contributed by atoms with Gasteiger partial charge in [0.2, 0.25) is 11.8 Å². The van der Waals surface area contributed by atoms with E-state index in [4.69, 9.17) is 15.2 Å². The molecule has 4 rings (SSSR count). The molecule has 0 aromatic heterocycles. The van der Waals surface area contributed by atoms with E-state index in [1.807, 2.05) is 70.2 Å². The maximum Gasteiger partial charge on any atom is 0.408 e. The van der Waals surface area contributed by atoms with E-state index < -0.39 is 62.7 Å². The number of unbranched alkanes of at least 4 members (excludes halogenated alkanes) is 1. The Morgan fingerprint density at radius 3 is 2.20 bits per heavy atom. The van der Waals surface area contributed by atoms with Crippen LogP contribution in [0.2, 0.25) is 0 Å². The Morgan fingerprint density at radius 2 is 1.61 bits per heavy atom. The fraction of sp³-hybridized carbons (Fsp3) is 0.642. The number of benzene rings is 2. The molecular weight excluding hydrogens is 897 g/mol. The van der Waals surface area contributed by atoms with E-state index in [0.717, 1.165) is 5.56 Å². The van der Waals surface area contributed by atoms with Gasteiger partial charge < -0.3 is 35.9 Å². The SMILES string of the molecule is COc1cc(C)c(S(=O)(=O)N=C(N)CCCC[C@H](NC(=O)[C@@H]2CCCN2C(=O)[C@H](/C=C/[C@H](CC(C)C)NC(=O)OC(C)(C)C)Cc2ccccc2)C(=O)CC2CC(C)(C)N(O)C(C)(C)C2)c(C)c1C. The lowest BCUT2D eigenvalue weighted by atomic mass is 9.73. The van der Waals surface area contributed by atoms with Crippen molar-refractivity contribution in [3.05, 3.63) is 70.8 Å². The first-order valence-electron chi connectivity index (χ1n) is 24.6. The number of carbonyl (C=O) groups is 4. The number of alkyl carbamates (subject to hydrolysis) is 1. The number of nitrogens with zero attached hydrogens (tertiary/aromatic N) is 3. The number of rotatable bonds is 21. The summed E-state index contributed by atoms with van der Waals surface area (Å²) >= 11 is 0. The number of aryl methyl sites for hydroxylation is 1. The largest absolute Gasteiger partial charge is 0.496 e. The highest BCUT2D eigenvalue weighted by Gasteiger charge is 2.46. The minimum atomic E-state index is -4.14. The van der Waals surface area contributed by atoms with Crippen LogP contribution < -0.4 is 21.1 Å². The van der Waals surface area contributed by atoms with E-state index in [0.29, 0.717) is 80.4 Å². The zero-order valence-corrected chi connectivity index (χ0v) is 44.4.